The first-order chi connectivity index (χ1) is 12.0. The fraction of sp³-hybridized carbons (Fsp3) is 0.500. The van der Waals surface area contributed by atoms with Gasteiger partial charge in [-0.1, -0.05) is 19.1 Å². The minimum absolute atomic E-state index is 0. The monoisotopic (exact) mass is 475 g/mol. The van der Waals surface area contributed by atoms with E-state index in [4.69, 9.17) is 0 Å². The third-order valence-electron chi connectivity index (χ3n) is 3.36. The van der Waals surface area contributed by atoms with Crippen LogP contribution < -0.4 is 16.0 Å². The van der Waals surface area contributed by atoms with E-state index in [1.807, 2.05) is 38.1 Å². The van der Waals surface area contributed by atoms with Crippen molar-refractivity contribution in [2.45, 2.75) is 33.2 Å². The number of nitrogens with zero attached hydrogens (tertiary/aromatic N) is 2. The fourth-order valence-electron chi connectivity index (χ4n) is 2.03. The average Bonchev–Trinajstić information content (AvgIpc) is 2.57. The average molecular weight is 475 g/mol. The lowest BCUT2D eigenvalue weighted by Crippen LogP contribution is -2.42. The number of carbonyl (C=O) groups excluding carboxylic acids is 2. The molecule has 0 radical (unpaired) electrons. The molecule has 0 bridgehead atoms. The van der Waals surface area contributed by atoms with Crippen molar-refractivity contribution in [1.82, 2.24) is 15.5 Å². The Hall–Kier alpha value is -1.84. The van der Waals surface area contributed by atoms with Gasteiger partial charge in [-0.3, -0.25) is 9.59 Å². The number of guanidine groups is 1. The van der Waals surface area contributed by atoms with E-state index in [2.05, 4.69) is 20.9 Å². The van der Waals surface area contributed by atoms with E-state index >= 15 is 0 Å². The van der Waals surface area contributed by atoms with E-state index in [1.54, 1.807) is 14.1 Å². The molecule has 8 heteroatoms. The lowest BCUT2D eigenvalue weighted by Gasteiger charge is -2.14. The van der Waals surface area contributed by atoms with Crippen molar-refractivity contribution in [3.8, 4) is 0 Å². The molecule has 0 aliphatic rings. The highest BCUT2D eigenvalue weighted by atomic mass is 127. The lowest BCUT2D eigenvalue weighted by atomic mass is 10.2. The zero-order chi connectivity index (χ0) is 18.7. The third kappa shape index (κ3) is 9.59. The van der Waals surface area contributed by atoms with Crippen molar-refractivity contribution in [3.63, 3.8) is 0 Å². The summed E-state index contributed by atoms with van der Waals surface area (Å²) in [5.41, 5.74) is 1.75. The number of rotatable bonds is 8. The van der Waals surface area contributed by atoms with Crippen LogP contribution in [-0.4, -0.2) is 49.9 Å². The number of hydrogen-bond donors (Lipinski definition) is 3. The Kier molecular flexibility index (Phi) is 12.4. The highest BCUT2D eigenvalue weighted by Gasteiger charge is 2.06. The number of carbonyl (C=O) groups is 2. The van der Waals surface area contributed by atoms with Crippen LogP contribution in [0, 0.1) is 0 Å². The predicted octanol–water partition coefficient (Wildman–Crippen LogP) is 2.19. The molecule has 1 aromatic carbocycles. The molecule has 1 aromatic rings. The van der Waals surface area contributed by atoms with Crippen molar-refractivity contribution in [2.75, 3.05) is 32.5 Å². The normalized spacial score (nSPS) is 10.5. The smallest absolute Gasteiger partial charge is 0.241 e. The van der Waals surface area contributed by atoms with Gasteiger partial charge in [-0.05, 0) is 31.0 Å². The largest absolute Gasteiger partial charge is 0.357 e. The molecule has 1 rings (SSSR count). The van der Waals surface area contributed by atoms with Crippen molar-refractivity contribution in [2.24, 2.45) is 4.99 Å². The van der Waals surface area contributed by atoms with Crippen LogP contribution in [0.4, 0.5) is 5.69 Å². The first-order valence-electron chi connectivity index (χ1n) is 8.57. The van der Waals surface area contributed by atoms with Crippen molar-refractivity contribution in [1.29, 1.82) is 0 Å². The summed E-state index contributed by atoms with van der Waals surface area (Å²) in [6, 6.07) is 7.61. The van der Waals surface area contributed by atoms with Gasteiger partial charge in [0.1, 0.15) is 0 Å². The summed E-state index contributed by atoms with van der Waals surface area (Å²) in [7, 11) is 3.43. The Morgan fingerprint density at radius 1 is 1.15 bits per heavy atom. The summed E-state index contributed by atoms with van der Waals surface area (Å²) < 4.78 is 0. The molecule has 7 nitrogen and oxygen atoms in total. The molecule has 0 heterocycles. The summed E-state index contributed by atoms with van der Waals surface area (Å²) in [6.45, 7) is 5.28. The third-order valence-corrected chi connectivity index (χ3v) is 3.36. The van der Waals surface area contributed by atoms with E-state index in [0.717, 1.165) is 17.7 Å². The molecular weight excluding hydrogens is 445 g/mol. The molecule has 0 atom stereocenters. The van der Waals surface area contributed by atoms with E-state index in [-0.39, 0.29) is 42.3 Å². The summed E-state index contributed by atoms with van der Waals surface area (Å²) >= 11 is 0. The van der Waals surface area contributed by atoms with Crippen LogP contribution in [0.3, 0.4) is 0 Å². The zero-order valence-corrected chi connectivity index (χ0v) is 18.3. The number of aliphatic imine (C=N–C) groups is 1. The number of hydrogen-bond acceptors (Lipinski definition) is 3. The second kappa shape index (κ2) is 13.4. The molecule has 3 N–H and O–H groups in total. The van der Waals surface area contributed by atoms with E-state index < -0.39 is 0 Å². The second-order valence-electron chi connectivity index (χ2n) is 5.84. The second-order valence-corrected chi connectivity index (χ2v) is 5.84. The molecule has 0 aromatic heterocycles. The Balaban J connectivity index is 0.00000625. The van der Waals surface area contributed by atoms with Crippen molar-refractivity contribution in [3.05, 3.63) is 29.8 Å². The molecule has 0 saturated carbocycles. The number of nitrogens with one attached hydrogen (secondary N) is 3. The molecule has 0 unspecified atom stereocenters. The number of halogens is 1. The summed E-state index contributed by atoms with van der Waals surface area (Å²) in [5.74, 6) is 0.574. The maximum atomic E-state index is 11.7. The van der Waals surface area contributed by atoms with Gasteiger partial charge in [-0.15, -0.1) is 24.0 Å². The predicted molar refractivity (Wildman–Crippen MR) is 117 cm³/mol. The summed E-state index contributed by atoms with van der Waals surface area (Å²) in [5, 5.41) is 9.00. The Labute approximate surface area is 173 Å². The fourth-order valence-corrected chi connectivity index (χ4v) is 2.03. The molecule has 0 aliphatic carbocycles. The molecular formula is C18H30IN5O2. The highest BCUT2D eigenvalue weighted by Crippen LogP contribution is 2.12. The van der Waals surface area contributed by atoms with Crippen LogP contribution in [0.5, 0.6) is 0 Å². The van der Waals surface area contributed by atoms with E-state index in [9.17, 15) is 9.59 Å². The molecule has 2 amide bonds. The minimum Gasteiger partial charge on any atom is -0.357 e. The first-order valence-corrected chi connectivity index (χ1v) is 8.57. The van der Waals surface area contributed by atoms with Gasteiger partial charge in [0.2, 0.25) is 11.8 Å². The molecule has 146 valence electrons. The van der Waals surface area contributed by atoms with Gasteiger partial charge >= 0.3 is 0 Å². The minimum atomic E-state index is -0.0220. The summed E-state index contributed by atoms with van der Waals surface area (Å²) in [4.78, 5) is 29.4. The van der Waals surface area contributed by atoms with Gasteiger partial charge in [0.15, 0.2) is 5.96 Å². The standard InChI is InChI=1S/C18H29N5O2.HI/c1-5-8-16(24)22-15-10-7-9-14(11-15)12-20-18(19-6-2)21-13-17(25)23(3)4;/h7,9-11H,5-6,8,12-13H2,1-4H3,(H,22,24)(H2,19,20,21);1H. The van der Waals surface area contributed by atoms with Gasteiger partial charge in [0.05, 0.1) is 13.1 Å². The Morgan fingerprint density at radius 2 is 1.88 bits per heavy atom. The van der Waals surface area contributed by atoms with Crippen molar-refractivity contribution < 1.29 is 9.59 Å². The van der Waals surface area contributed by atoms with E-state index in [0.29, 0.717) is 25.5 Å². The first kappa shape index (κ1) is 24.2. The number of amides is 2. The zero-order valence-electron chi connectivity index (χ0n) is 16.0. The number of likely N-dealkylation sites (N-methyl/N-ethyl adjacent to an activating group) is 1. The van der Waals surface area contributed by atoms with Gasteiger partial charge in [-0.25, -0.2) is 4.99 Å². The SMILES string of the molecule is CCCC(=O)Nc1cccc(CN=C(NCC)NCC(=O)N(C)C)c1.I. The van der Waals surface area contributed by atoms with Gasteiger partial charge in [0.25, 0.3) is 0 Å². The maximum absolute atomic E-state index is 11.7. The molecule has 0 fully saturated rings. The summed E-state index contributed by atoms with van der Waals surface area (Å²) in [6.07, 6.45) is 1.33. The lowest BCUT2D eigenvalue weighted by molar-refractivity contribution is -0.127. The quantitative estimate of drug-likeness (QED) is 0.306. The van der Waals surface area contributed by atoms with E-state index in [1.165, 1.54) is 4.90 Å². The number of benzene rings is 1. The molecule has 0 spiro atoms. The molecule has 0 saturated heterocycles. The van der Waals surface area contributed by atoms with Gasteiger partial charge in [0, 0.05) is 32.7 Å². The molecule has 0 aliphatic heterocycles. The van der Waals surface area contributed by atoms with Gasteiger partial charge in [-0.2, -0.15) is 0 Å². The molecule has 26 heavy (non-hydrogen) atoms. The maximum Gasteiger partial charge on any atom is 0.241 e. The topological polar surface area (TPSA) is 85.8 Å². The Bertz CT molecular complexity index is 605. The van der Waals surface area contributed by atoms with Crippen molar-refractivity contribution >= 4 is 47.4 Å². The van der Waals surface area contributed by atoms with Crippen LogP contribution >= 0.6 is 24.0 Å². The van der Waals surface area contributed by atoms with Crippen LogP contribution in [-0.2, 0) is 16.1 Å². The van der Waals surface area contributed by atoms with Crippen LogP contribution in [0.1, 0.15) is 32.3 Å². The highest BCUT2D eigenvalue weighted by molar-refractivity contribution is 14.0. The van der Waals surface area contributed by atoms with Gasteiger partial charge < -0.3 is 20.9 Å². The Morgan fingerprint density at radius 3 is 2.50 bits per heavy atom. The van der Waals surface area contributed by atoms with Crippen LogP contribution in [0.15, 0.2) is 29.3 Å². The van der Waals surface area contributed by atoms with Crippen LogP contribution in [0.2, 0.25) is 0 Å². The number of anilines is 1. The van der Waals surface area contributed by atoms with Crippen LogP contribution in [0.25, 0.3) is 0 Å².